The Morgan fingerprint density at radius 2 is 1.60 bits per heavy atom. The molecule has 0 spiro atoms. The first-order valence-corrected chi connectivity index (χ1v) is 20.4. The maximum absolute atomic E-state index is 12.2. The molecule has 0 saturated carbocycles. The molecule has 0 bridgehead atoms. The molecule has 4 aromatic carbocycles. The van der Waals surface area contributed by atoms with Crippen molar-refractivity contribution in [3.63, 3.8) is 0 Å². The van der Waals surface area contributed by atoms with Gasteiger partial charge in [0.15, 0.2) is 0 Å². The Morgan fingerprint density at radius 1 is 0.917 bits per heavy atom. The number of hydrogen-bond acceptors (Lipinski definition) is 8. The number of thiazole rings is 1. The summed E-state index contributed by atoms with van der Waals surface area (Å²) in [6.45, 7) is 4.79. The van der Waals surface area contributed by atoms with Crippen LogP contribution in [0.5, 0.6) is 0 Å². The standard InChI is InChI=1S/C36H34N2O6S4/c1-36(2)21-24(19-32-37(16-7-17-47(39,40)41)34-28-10-5-3-8-26(28)12-14-30(34)45-32)18-25(22-36)20-33-38(23-48(42,43)44)35-29-11-6-4-9-27(29)13-15-31(35)46-33/h3-6,8-15,18-20H,7,16-17,21-23H2,1-2H3,(H-,39,40,41,42,43,44). The number of hydrogen-bond donors (Lipinski definition) is 1. The molecular formula is C36H34N2O6S4. The summed E-state index contributed by atoms with van der Waals surface area (Å²) in [5.74, 6) is -0.987. The van der Waals surface area contributed by atoms with Crippen molar-refractivity contribution in [1.82, 2.24) is 0 Å². The van der Waals surface area contributed by atoms with Crippen molar-refractivity contribution in [2.24, 2.45) is 5.41 Å². The van der Waals surface area contributed by atoms with E-state index >= 15 is 0 Å². The van der Waals surface area contributed by atoms with E-state index in [1.54, 1.807) is 16.3 Å². The van der Waals surface area contributed by atoms with E-state index in [1.807, 2.05) is 54.6 Å². The average molecular weight is 719 g/mol. The molecule has 2 aliphatic rings. The number of allylic oxidation sites excluding steroid dienone is 4. The lowest BCUT2D eigenvalue weighted by Gasteiger charge is -2.31. The Balaban J connectivity index is 1.32. The minimum absolute atomic E-state index is 0.103. The van der Waals surface area contributed by atoms with Crippen molar-refractivity contribution in [3.8, 4) is 0 Å². The van der Waals surface area contributed by atoms with E-state index < -0.39 is 31.9 Å². The highest BCUT2D eigenvalue weighted by Crippen LogP contribution is 2.51. The first-order chi connectivity index (χ1) is 22.7. The third kappa shape index (κ3) is 6.96. The van der Waals surface area contributed by atoms with E-state index in [4.69, 9.17) is 0 Å². The van der Waals surface area contributed by atoms with E-state index in [9.17, 15) is 25.9 Å². The molecule has 0 radical (unpaired) electrons. The minimum Gasteiger partial charge on any atom is -0.748 e. The maximum Gasteiger partial charge on any atom is 0.326 e. The van der Waals surface area contributed by atoms with Crippen molar-refractivity contribution < 1.29 is 30.5 Å². The maximum atomic E-state index is 12.2. The molecule has 1 aromatic heterocycles. The van der Waals surface area contributed by atoms with Crippen LogP contribution in [0.2, 0.25) is 0 Å². The summed E-state index contributed by atoms with van der Waals surface area (Å²) in [5, 5.41) is 5.73. The number of thioether (sulfide) groups is 1. The summed E-state index contributed by atoms with van der Waals surface area (Å²) in [7, 11) is -8.68. The minimum atomic E-state index is -4.35. The fraction of sp³-hybridized carbons (Fsp3) is 0.250. The van der Waals surface area contributed by atoms with Crippen molar-refractivity contribution in [2.75, 3.05) is 17.2 Å². The zero-order chi connectivity index (χ0) is 33.8. The van der Waals surface area contributed by atoms with Gasteiger partial charge in [-0.1, -0.05) is 97.6 Å². The molecule has 0 amide bonds. The molecule has 0 atom stereocenters. The van der Waals surface area contributed by atoms with Gasteiger partial charge in [-0.15, -0.1) is 0 Å². The van der Waals surface area contributed by atoms with Crippen LogP contribution in [-0.4, -0.2) is 38.2 Å². The number of benzene rings is 4. The van der Waals surface area contributed by atoms with Crippen LogP contribution < -0.4 is 9.47 Å². The van der Waals surface area contributed by atoms with E-state index in [2.05, 4.69) is 55.2 Å². The molecule has 5 aromatic rings. The molecule has 2 heterocycles. The third-order valence-electron chi connectivity index (χ3n) is 8.65. The zero-order valence-corrected chi connectivity index (χ0v) is 29.7. The molecule has 0 fully saturated rings. The molecule has 7 rings (SSSR count). The lowest BCUT2D eigenvalue weighted by atomic mass is 9.75. The van der Waals surface area contributed by atoms with Gasteiger partial charge in [0.2, 0.25) is 5.52 Å². The van der Waals surface area contributed by atoms with Crippen molar-refractivity contribution in [2.45, 2.75) is 43.9 Å². The van der Waals surface area contributed by atoms with Crippen LogP contribution in [0.25, 0.3) is 37.8 Å². The predicted octanol–water partition coefficient (Wildman–Crippen LogP) is 7.86. The SMILES string of the molecule is CC1(C)CC(C=C2Sc3ccc4ccccc4c3N2CCCS(=O)(=O)[O-])=CC(=Cc2sc3ccc4ccccc4c3[n+]2CS(=O)(=O)O)C1. The number of fused-ring (bicyclic) bond motifs is 6. The molecule has 0 unspecified atom stereocenters. The van der Waals surface area contributed by atoms with Crippen LogP contribution in [-0.2, 0) is 26.1 Å². The highest BCUT2D eigenvalue weighted by atomic mass is 32.2. The average Bonchev–Trinajstić information content (AvgIpc) is 3.52. The van der Waals surface area contributed by atoms with Crippen molar-refractivity contribution in [1.29, 1.82) is 0 Å². The largest absolute Gasteiger partial charge is 0.748 e. The van der Waals surface area contributed by atoms with Gasteiger partial charge in [0.1, 0.15) is 4.70 Å². The number of nitrogens with zero attached hydrogens (tertiary/aromatic N) is 2. The van der Waals surface area contributed by atoms with Gasteiger partial charge in [-0.3, -0.25) is 4.55 Å². The van der Waals surface area contributed by atoms with Gasteiger partial charge >= 0.3 is 10.1 Å². The molecule has 12 heteroatoms. The van der Waals surface area contributed by atoms with Gasteiger partial charge in [-0.05, 0) is 70.9 Å². The molecule has 8 nitrogen and oxygen atoms in total. The topological polar surface area (TPSA) is 119 Å². The van der Waals surface area contributed by atoms with E-state index in [0.717, 1.165) is 76.4 Å². The molecule has 0 saturated heterocycles. The molecule has 1 aliphatic heterocycles. The molecule has 1 N–H and O–H groups in total. The van der Waals surface area contributed by atoms with Crippen LogP contribution in [0.1, 0.15) is 38.1 Å². The monoisotopic (exact) mass is 718 g/mol. The third-order valence-corrected chi connectivity index (χ3v) is 12.2. The summed E-state index contributed by atoms with van der Waals surface area (Å²) in [4.78, 5) is 3.20. The van der Waals surface area contributed by atoms with Crippen molar-refractivity contribution in [3.05, 3.63) is 106 Å². The highest BCUT2D eigenvalue weighted by Gasteiger charge is 2.31. The summed E-state index contributed by atoms with van der Waals surface area (Å²) < 4.78 is 71.5. The second-order valence-corrected chi connectivity index (χ2v) is 18.2. The van der Waals surface area contributed by atoms with Crippen LogP contribution in [0, 0.1) is 5.41 Å². The lowest BCUT2D eigenvalue weighted by molar-refractivity contribution is -0.648. The Hall–Kier alpha value is -3.52. The quantitative estimate of drug-likeness (QED) is 0.127. The number of aromatic nitrogens is 1. The lowest BCUT2D eigenvalue weighted by Crippen LogP contribution is -2.39. The van der Waals surface area contributed by atoms with Gasteiger partial charge in [0.05, 0.1) is 26.2 Å². The Morgan fingerprint density at radius 3 is 2.33 bits per heavy atom. The van der Waals surface area contributed by atoms with Crippen LogP contribution in [0.15, 0.2) is 106 Å². The predicted molar refractivity (Wildman–Crippen MR) is 195 cm³/mol. The molecular weight excluding hydrogens is 685 g/mol. The zero-order valence-electron chi connectivity index (χ0n) is 26.4. The normalized spacial score (nSPS) is 18.3. The van der Waals surface area contributed by atoms with Gasteiger partial charge in [-0.2, -0.15) is 13.0 Å². The molecule has 1 aliphatic carbocycles. The Bertz CT molecular complexity index is 2430. The molecule has 248 valence electrons. The summed E-state index contributed by atoms with van der Waals surface area (Å²) >= 11 is 3.12. The second-order valence-electron chi connectivity index (χ2n) is 13.2. The first kappa shape index (κ1) is 33.0. The Labute approximate surface area is 288 Å². The van der Waals surface area contributed by atoms with E-state index in [-0.39, 0.29) is 11.8 Å². The van der Waals surface area contributed by atoms with Gasteiger partial charge in [0.25, 0.3) is 10.9 Å². The van der Waals surface area contributed by atoms with E-state index in [1.165, 1.54) is 11.3 Å². The number of rotatable bonds is 8. The van der Waals surface area contributed by atoms with Crippen LogP contribution >= 0.6 is 23.1 Å². The summed E-state index contributed by atoms with van der Waals surface area (Å²) in [5.41, 5.74) is 3.81. The fourth-order valence-corrected chi connectivity index (χ4v) is 10.4. The van der Waals surface area contributed by atoms with E-state index in [0.29, 0.717) is 6.54 Å². The Kier molecular flexibility index (Phi) is 8.54. The second kappa shape index (κ2) is 12.4. The smallest absolute Gasteiger partial charge is 0.326 e. The van der Waals surface area contributed by atoms with Crippen LogP contribution in [0.3, 0.4) is 0 Å². The van der Waals surface area contributed by atoms with Crippen LogP contribution in [0.4, 0.5) is 5.69 Å². The van der Waals surface area contributed by atoms with Gasteiger partial charge in [-0.25, -0.2) is 8.42 Å². The first-order valence-electron chi connectivity index (χ1n) is 15.6. The molecule has 48 heavy (non-hydrogen) atoms. The number of anilines is 1. The summed E-state index contributed by atoms with van der Waals surface area (Å²) in [6, 6.07) is 24.1. The van der Waals surface area contributed by atoms with Gasteiger partial charge in [0, 0.05) is 28.7 Å². The highest BCUT2D eigenvalue weighted by molar-refractivity contribution is 8.03. The van der Waals surface area contributed by atoms with Gasteiger partial charge < -0.3 is 9.45 Å². The summed E-state index contributed by atoms with van der Waals surface area (Å²) in [6.07, 6.45) is 8.12. The van der Waals surface area contributed by atoms with Crippen molar-refractivity contribution >= 4 is 86.9 Å². The fourth-order valence-electron chi connectivity index (χ4n) is 6.89.